The number of nitrogens with one attached hydrogen (secondary N) is 1. The predicted molar refractivity (Wildman–Crippen MR) is 79.1 cm³/mol. The van der Waals surface area contributed by atoms with E-state index in [1.807, 2.05) is 0 Å². The van der Waals surface area contributed by atoms with Gasteiger partial charge in [-0.15, -0.1) is 0 Å². The Hall–Kier alpha value is -0.820. The summed E-state index contributed by atoms with van der Waals surface area (Å²) in [5.74, 6) is 0.707. The molecular formula is C17H27N. The Morgan fingerprint density at radius 1 is 1.22 bits per heavy atom. The van der Waals surface area contributed by atoms with Gasteiger partial charge in [0.2, 0.25) is 0 Å². The van der Waals surface area contributed by atoms with Gasteiger partial charge in [-0.05, 0) is 43.2 Å². The van der Waals surface area contributed by atoms with Crippen molar-refractivity contribution in [2.24, 2.45) is 0 Å². The quantitative estimate of drug-likeness (QED) is 0.669. The maximum Gasteiger partial charge on any atom is 0.00684 e. The molecule has 0 aromatic heterocycles. The van der Waals surface area contributed by atoms with Crippen LogP contribution in [-0.2, 0) is 0 Å². The summed E-state index contributed by atoms with van der Waals surface area (Å²) >= 11 is 0. The van der Waals surface area contributed by atoms with Gasteiger partial charge in [0.25, 0.3) is 0 Å². The van der Waals surface area contributed by atoms with Gasteiger partial charge in [-0.25, -0.2) is 0 Å². The highest BCUT2D eigenvalue weighted by molar-refractivity contribution is 5.29. The van der Waals surface area contributed by atoms with E-state index < -0.39 is 0 Å². The zero-order valence-corrected chi connectivity index (χ0v) is 11.9. The lowest BCUT2D eigenvalue weighted by molar-refractivity contribution is 0.517. The van der Waals surface area contributed by atoms with Crippen LogP contribution in [0.5, 0.6) is 0 Å². The molecule has 1 unspecified atom stereocenters. The fraction of sp³-hybridized carbons (Fsp3) is 0.647. The van der Waals surface area contributed by atoms with Gasteiger partial charge in [-0.2, -0.15) is 0 Å². The fourth-order valence-electron chi connectivity index (χ4n) is 2.65. The molecule has 18 heavy (non-hydrogen) atoms. The molecule has 100 valence electrons. The molecule has 1 N–H and O–H groups in total. The molecule has 1 saturated carbocycles. The van der Waals surface area contributed by atoms with E-state index in [1.54, 1.807) is 5.56 Å². The van der Waals surface area contributed by atoms with E-state index in [2.05, 4.69) is 43.4 Å². The third-order valence-electron chi connectivity index (χ3n) is 4.01. The summed E-state index contributed by atoms with van der Waals surface area (Å²) in [6.07, 6.45) is 8.15. The minimum Gasteiger partial charge on any atom is -0.313 e. The second-order valence-corrected chi connectivity index (χ2v) is 5.73. The van der Waals surface area contributed by atoms with Crippen LogP contribution in [0.1, 0.15) is 62.5 Å². The van der Waals surface area contributed by atoms with Crippen molar-refractivity contribution < 1.29 is 0 Å². The van der Waals surface area contributed by atoms with E-state index in [9.17, 15) is 0 Å². The first-order valence-electron chi connectivity index (χ1n) is 7.60. The van der Waals surface area contributed by atoms with E-state index in [1.165, 1.54) is 50.6 Å². The molecule has 1 aromatic rings. The Kier molecular flexibility index (Phi) is 5.25. The van der Waals surface area contributed by atoms with Crippen LogP contribution in [0, 0.1) is 6.92 Å². The molecule has 0 radical (unpaired) electrons. The highest BCUT2D eigenvalue weighted by Gasteiger charge is 2.22. The Morgan fingerprint density at radius 3 is 2.67 bits per heavy atom. The van der Waals surface area contributed by atoms with Crippen molar-refractivity contribution in [2.45, 2.75) is 64.3 Å². The zero-order valence-electron chi connectivity index (χ0n) is 11.9. The van der Waals surface area contributed by atoms with Crippen LogP contribution >= 0.6 is 0 Å². The molecule has 2 rings (SSSR count). The van der Waals surface area contributed by atoms with Gasteiger partial charge in [-0.1, -0.05) is 50.5 Å². The Morgan fingerprint density at radius 2 is 2.00 bits per heavy atom. The van der Waals surface area contributed by atoms with E-state index >= 15 is 0 Å². The Balaban J connectivity index is 1.95. The fourth-order valence-corrected chi connectivity index (χ4v) is 2.65. The van der Waals surface area contributed by atoms with Crippen molar-refractivity contribution >= 4 is 0 Å². The molecule has 0 amide bonds. The van der Waals surface area contributed by atoms with Gasteiger partial charge < -0.3 is 5.32 Å². The van der Waals surface area contributed by atoms with Crippen LogP contribution < -0.4 is 5.32 Å². The van der Waals surface area contributed by atoms with Crippen molar-refractivity contribution in [1.29, 1.82) is 0 Å². The first-order valence-corrected chi connectivity index (χ1v) is 7.60. The molecule has 1 atom stereocenters. The zero-order chi connectivity index (χ0) is 12.8. The number of benzene rings is 1. The minimum absolute atomic E-state index is 0.707. The van der Waals surface area contributed by atoms with E-state index in [0.29, 0.717) is 5.92 Å². The second-order valence-electron chi connectivity index (χ2n) is 5.73. The molecule has 1 nitrogen and oxygen atoms in total. The number of hydrogen-bond acceptors (Lipinski definition) is 1. The van der Waals surface area contributed by atoms with Gasteiger partial charge in [0.05, 0.1) is 0 Å². The number of hydrogen-bond donors (Lipinski definition) is 1. The summed E-state index contributed by atoms with van der Waals surface area (Å²) in [5.41, 5.74) is 3.01. The summed E-state index contributed by atoms with van der Waals surface area (Å²) in [7, 11) is 0. The third kappa shape index (κ3) is 4.13. The molecule has 1 fully saturated rings. The minimum atomic E-state index is 0.707. The highest BCUT2D eigenvalue weighted by Crippen LogP contribution is 2.27. The standard InChI is InChI=1S/C17H27N/c1-3-4-5-9-15(13-18-16-11-12-16)17-10-7-6-8-14(17)2/h6-8,10,15-16,18H,3-5,9,11-13H2,1-2H3. The summed E-state index contributed by atoms with van der Waals surface area (Å²) in [6, 6.07) is 9.73. The first-order chi connectivity index (χ1) is 8.81. The topological polar surface area (TPSA) is 12.0 Å². The van der Waals surface area contributed by atoms with Crippen LogP contribution in [0.25, 0.3) is 0 Å². The van der Waals surface area contributed by atoms with Crippen LogP contribution in [-0.4, -0.2) is 12.6 Å². The van der Waals surface area contributed by atoms with Gasteiger partial charge in [0.1, 0.15) is 0 Å². The molecular weight excluding hydrogens is 218 g/mol. The molecule has 1 aliphatic carbocycles. The molecule has 0 heterocycles. The van der Waals surface area contributed by atoms with Crippen molar-refractivity contribution in [1.82, 2.24) is 5.32 Å². The first kappa shape index (κ1) is 13.6. The SMILES string of the molecule is CCCCCC(CNC1CC1)c1ccccc1C. The monoisotopic (exact) mass is 245 g/mol. The normalized spacial score (nSPS) is 16.8. The molecule has 1 aliphatic rings. The van der Waals surface area contributed by atoms with Crippen LogP contribution in [0.2, 0.25) is 0 Å². The lowest BCUT2D eigenvalue weighted by atomic mass is 9.90. The van der Waals surface area contributed by atoms with Crippen molar-refractivity contribution in [3.8, 4) is 0 Å². The van der Waals surface area contributed by atoms with Crippen molar-refractivity contribution in [2.75, 3.05) is 6.54 Å². The number of rotatable bonds is 8. The maximum absolute atomic E-state index is 3.71. The molecule has 0 bridgehead atoms. The van der Waals surface area contributed by atoms with Gasteiger partial charge in [-0.3, -0.25) is 0 Å². The van der Waals surface area contributed by atoms with Gasteiger partial charge in [0, 0.05) is 12.6 Å². The van der Waals surface area contributed by atoms with Crippen molar-refractivity contribution in [3.63, 3.8) is 0 Å². The van der Waals surface area contributed by atoms with Crippen molar-refractivity contribution in [3.05, 3.63) is 35.4 Å². The third-order valence-corrected chi connectivity index (χ3v) is 4.01. The Bertz CT molecular complexity index is 354. The van der Waals surface area contributed by atoms with Crippen LogP contribution in [0.15, 0.2) is 24.3 Å². The summed E-state index contributed by atoms with van der Waals surface area (Å²) in [5, 5.41) is 3.71. The molecule has 0 saturated heterocycles. The predicted octanol–water partition coefficient (Wildman–Crippen LogP) is 4.41. The largest absolute Gasteiger partial charge is 0.313 e. The average molecular weight is 245 g/mol. The average Bonchev–Trinajstić information content (AvgIpc) is 3.19. The summed E-state index contributed by atoms with van der Waals surface area (Å²) < 4.78 is 0. The maximum atomic E-state index is 3.71. The van der Waals surface area contributed by atoms with Gasteiger partial charge >= 0.3 is 0 Å². The highest BCUT2D eigenvalue weighted by atomic mass is 14.9. The van der Waals surface area contributed by atoms with Crippen LogP contribution in [0.3, 0.4) is 0 Å². The smallest absolute Gasteiger partial charge is 0.00684 e. The molecule has 0 spiro atoms. The molecule has 0 aliphatic heterocycles. The summed E-state index contributed by atoms with van der Waals surface area (Å²) in [6.45, 7) is 5.70. The second kappa shape index (κ2) is 6.94. The lowest BCUT2D eigenvalue weighted by Gasteiger charge is -2.20. The summed E-state index contributed by atoms with van der Waals surface area (Å²) in [4.78, 5) is 0. The van der Waals surface area contributed by atoms with E-state index in [-0.39, 0.29) is 0 Å². The van der Waals surface area contributed by atoms with Gasteiger partial charge in [0.15, 0.2) is 0 Å². The number of aryl methyl sites for hydroxylation is 1. The molecule has 1 aromatic carbocycles. The Labute approximate surface area is 112 Å². The van der Waals surface area contributed by atoms with E-state index in [0.717, 1.165) is 6.04 Å². The lowest BCUT2D eigenvalue weighted by Crippen LogP contribution is -2.24. The molecule has 1 heteroatoms. The van der Waals surface area contributed by atoms with E-state index in [4.69, 9.17) is 0 Å². The van der Waals surface area contributed by atoms with Crippen LogP contribution in [0.4, 0.5) is 0 Å². The number of unbranched alkanes of at least 4 members (excludes halogenated alkanes) is 2.